The first kappa shape index (κ1) is 20.6. The number of nitrogens with one attached hydrogen (secondary N) is 1. The van der Waals surface area contributed by atoms with E-state index in [9.17, 15) is 13.6 Å². The Kier molecular flexibility index (Phi) is 6.63. The number of benzene rings is 3. The molecule has 1 amide bonds. The minimum Gasteiger partial charge on any atom is -0.345 e. The van der Waals surface area contributed by atoms with Gasteiger partial charge in [0.1, 0.15) is 11.6 Å². The van der Waals surface area contributed by atoms with E-state index >= 15 is 0 Å². The number of rotatable bonds is 6. The van der Waals surface area contributed by atoms with Gasteiger partial charge in [-0.2, -0.15) is 5.26 Å². The lowest BCUT2D eigenvalue weighted by Crippen LogP contribution is -2.27. The van der Waals surface area contributed by atoms with Gasteiger partial charge in [0, 0.05) is 22.3 Å². The van der Waals surface area contributed by atoms with Gasteiger partial charge in [0.15, 0.2) is 0 Å². The van der Waals surface area contributed by atoms with E-state index in [0.717, 1.165) is 16.5 Å². The number of thioether (sulfide) groups is 1. The van der Waals surface area contributed by atoms with Crippen LogP contribution in [0.15, 0.2) is 71.6 Å². The van der Waals surface area contributed by atoms with Crippen LogP contribution in [0.1, 0.15) is 40.0 Å². The fourth-order valence-electron chi connectivity index (χ4n) is 2.82. The minimum atomic E-state index is -0.693. The zero-order valence-electron chi connectivity index (χ0n) is 15.7. The Morgan fingerprint density at radius 3 is 2.52 bits per heavy atom. The Bertz CT molecular complexity index is 1060. The quantitative estimate of drug-likeness (QED) is 0.539. The van der Waals surface area contributed by atoms with Crippen LogP contribution in [0.2, 0.25) is 0 Å². The highest BCUT2D eigenvalue weighted by atomic mass is 32.2. The van der Waals surface area contributed by atoms with Crippen LogP contribution in [0.25, 0.3) is 0 Å². The molecule has 0 saturated carbocycles. The fourth-order valence-corrected chi connectivity index (χ4v) is 3.83. The third-order valence-corrected chi connectivity index (χ3v) is 5.53. The van der Waals surface area contributed by atoms with Crippen LogP contribution in [-0.2, 0) is 5.75 Å². The second kappa shape index (κ2) is 9.35. The molecule has 3 rings (SSSR count). The molecular formula is C23H18F2N2OS. The Balaban J connectivity index is 1.71. The van der Waals surface area contributed by atoms with E-state index < -0.39 is 17.7 Å². The first-order valence-corrected chi connectivity index (χ1v) is 9.93. The summed E-state index contributed by atoms with van der Waals surface area (Å²) in [5, 5.41) is 11.7. The molecule has 0 radical (unpaired) electrons. The van der Waals surface area contributed by atoms with E-state index in [1.807, 2.05) is 24.3 Å². The highest BCUT2D eigenvalue weighted by Crippen LogP contribution is 2.27. The van der Waals surface area contributed by atoms with E-state index in [1.165, 1.54) is 23.9 Å². The van der Waals surface area contributed by atoms with E-state index in [1.54, 1.807) is 31.2 Å². The van der Waals surface area contributed by atoms with Crippen molar-refractivity contribution in [3.8, 4) is 6.07 Å². The standard InChI is InChI=1S/C23H18F2N2OS/c1-15(19-11-10-18(24)12-21(19)25)27-23(28)20-4-2-3-5-22(20)29-14-17-8-6-16(13-26)7-9-17/h2-12,15H,14H2,1H3,(H,27,28). The monoisotopic (exact) mass is 408 g/mol. The van der Waals surface area contributed by atoms with Crippen molar-refractivity contribution >= 4 is 17.7 Å². The SMILES string of the molecule is CC(NC(=O)c1ccccc1SCc1ccc(C#N)cc1)c1ccc(F)cc1F. The zero-order valence-corrected chi connectivity index (χ0v) is 16.5. The molecule has 29 heavy (non-hydrogen) atoms. The van der Waals surface area contributed by atoms with Crippen molar-refractivity contribution in [3.63, 3.8) is 0 Å². The van der Waals surface area contributed by atoms with Gasteiger partial charge in [0.2, 0.25) is 0 Å². The average Bonchev–Trinajstić information content (AvgIpc) is 2.72. The molecule has 0 bridgehead atoms. The third-order valence-electron chi connectivity index (χ3n) is 4.39. The molecule has 3 aromatic rings. The van der Waals surface area contributed by atoms with Gasteiger partial charge in [-0.05, 0) is 42.8 Å². The van der Waals surface area contributed by atoms with Crippen molar-refractivity contribution < 1.29 is 13.6 Å². The largest absolute Gasteiger partial charge is 0.345 e. The molecule has 0 aliphatic heterocycles. The van der Waals surface area contributed by atoms with Crippen molar-refractivity contribution in [1.29, 1.82) is 5.26 Å². The van der Waals surface area contributed by atoms with E-state index in [0.29, 0.717) is 16.9 Å². The minimum absolute atomic E-state index is 0.225. The number of hydrogen-bond donors (Lipinski definition) is 1. The topological polar surface area (TPSA) is 52.9 Å². The van der Waals surface area contributed by atoms with Gasteiger partial charge >= 0.3 is 0 Å². The highest BCUT2D eigenvalue weighted by molar-refractivity contribution is 7.98. The van der Waals surface area contributed by atoms with E-state index in [4.69, 9.17) is 5.26 Å². The molecule has 1 unspecified atom stereocenters. The second-order valence-electron chi connectivity index (χ2n) is 6.45. The van der Waals surface area contributed by atoms with Crippen LogP contribution in [0.3, 0.4) is 0 Å². The second-order valence-corrected chi connectivity index (χ2v) is 7.47. The maximum atomic E-state index is 14.0. The smallest absolute Gasteiger partial charge is 0.252 e. The molecule has 0 fully saturated rings. The summed E-state index contributed by atoms with van der Waals surface area (Å²) in [5.41, 5.74) is 2.34. The number of carbonyl (C=O) groups excluding carboxylic acids is 1. The summed E-state index contributed by atoms with van der Waals surface area (Å²) in [5.74, 6) is -1.04. The molecule has 0 aliphatic rings. The van der Waals surface area contributed by atoms with Crippen molar-refractivity contribution in [2.45, 2.75) is 23.6 Å². The van der Waals surface area contributed by atoms with Gasteiger partial charge in [0.25, 0.3) is 5.91 Å². The normalized spacial score (nSPS) is 11.5. The van der Waals surface area contributed by atoms with Crippen LogP contribution >= 0.6 is 11.8 Å². The fraction of sp³-hybridized carbons (Fsp3) is 0.130. The lowest BCUT2D eigenvalue weighted by Gasteiger charge is -2.16. The number of amides is 1. The highest BCUT2D eigenvalue weighted by Gasteiger charge is 2.17. The molecule has 0 aliphatic carbocycles. The van der Waals surface area contributed by atoms with Gasteiger partial charge in [-0.15, -0.1) is 11.8 Å². The van der Waals surface area contributed by atoms with Crippen LogP contribution in [0.5, 0.6) is 0 Å². The van der Waals surface area contributed by atoms with Crippen LogP contribution in [0, 0.1) is 23.0 Å². The Hall–Kier alpha value is -3.17. The molecule has 146 valence electrons. The number of carbonyl (C=O) groups is 1. The first-order chi connectivity index (χ1) is 14.0. The van der Waals surface area contributed by atoms with Gasteiger partial charge in [-0.3, -0.25) is 4.79 Å². The lowest BCUT2D eigenvalue weighted by molar-refractivity contribution is 0.0936. The summed E-state index contributed by atoms with van der Waals surface area (Å²) in [6.45, 7) is 1.65. The molecule has 3 aromatic carbocycles. The Labute approximate surface area is 172 Å². The van der Waals surface area contributed by atoms with Crippen molar-refractivity contribution in [1.82, 2.24) is 5.32 Å². The number of nitrogens with zero attached hydrogens (tertiary/aromatic N) is 1. The predicted octanol–water partition coefficient (Wildman–Crippen LogP) is 5.62. The molecule has 0 heterocycles. The van der Waals surface area contributed by atoms with Crippen LogP contribution in [0.4, 0.5) is 8.78 Å². The number of halogens is 2. The van der Waals surface area contributed by atoms with Gasteiger partial charge in [-0.25, -0.2) is 8.78 Å². The van der Waals surface area contributed by atoms with Crippen LogP contribution in [-0.4, -0.2) is 5.91 Å². The predicted molar refractivity (Wildman–Crippen MR) is 109 cm³/mol. The summed E-state index contributed by atoms with van der Waals surface area (Å²) >= 11 is 1.50. The summed E-state index contributed by atoms with van der Waals surface area (Å²) in [6, 6.07) is 19.2. The summed E-state index contributed by atoms with van der Waals surface area (Å²) in [4.78, 5) is 13.6. The van der Waals surface area contributed by atoms with Crippen LogP contribution < -0.4 is 5.32 Å². The summed E-state index contributed by atoms with van der Waals surface area (Å²) < 4.78 is 27.1. The summed E-state index contributed by atoms with van der Waals surface area (Å²) in [6.07, 6.45) is 0. The summed E-state index contributed by atoms with van der Waals surface area (Å²) in [7, 11) is 0. The molecule has 1 atom stereocenters. The molecular weight excluding hydrogens is 390 g/mol. The van der Waals surface area contributed by atoms with E-state index in [2.05, 4.69) is 11.4 Å². The third kappa shape index (κ3) is 5.21. The molecule has 0 spiro atoms. The first-order valence-electron chi connectivity index (χ1n) is 8.94. The zero-order chi connectivity index (χ0) is 20.8. The van der Waals surface area contributed by atoms with E-state index in [-0.39, 0.29) is 11.5 Å². The Morgan fingerprint density at radius 2 is 1.83 bits per heavy atom. The number of nitriles is 1. The molecule has 0 saturated heterocycles. The van der Waals surface area contributed by atoms with Crippen molar-refractivity contribution in [2.75, 3.05) is 0 Å². The maximum absolute atomic E-state index is 14.0. The lowest BCUT2D eigenvalue weighted by atomic mass is 10.1. The maximum Gasteiger partial charge on any atom is 0.252 e. The molecule has 1 N–H and O–H groups in total. The Morgan fingerprint density at radius 1 is 1.10 bits per heavy atom. The van der Waals surface area contributed by atoms with Gasteiger partial charge in [-0.1, -0.05) is 30.3 Å². The van der Waals surface area contributed by atoms with Crippen molar-refractivity contribution in [2.24, 2.45) is 0 Å². The molecule has 0 aromatic heterocycles. The molecule has 6 heteroatoms. The van der Waals surface area contributed by atoms with Gasteiger partial charge < -0.3 is 5.32 Å². The van der Waals surface area contributed by atoms with Crippen molar-refractivity contribution in [3.05, 3.63) is 101 Å². The average molecular weight is 408 g/mol. The molecule has 3 nitrogen and oxygen atoms in total. The number of hydrogen-bond acceptors (Lipinski definition) is 3. The van der Waals surface area contributed by atoms with Gasteiger partial charge in [0.05, 0.1) is 23.2 Å².